The first-order valence-corrected chi connectivity index (χ1v) is 10.8. The molecule has 0 heterocycles. The van der Waals surface area contributed by atoms with Crippen LogP contribution in [0.15, 0.2) is 36.4 Å². The molecule has 27 heavy (non-hydrogen) atoms. The molecule has 0 aliphatic heterocycles. The fourth-order valence-electron chi connectivity index (χ4n) is 4.01. The van der Waals surface area contributed by atoms with Gasteiger partial charge in [-0.1, -0.05) is 67.5 Å². The van der Waals surface area contributed by atoms with Crippen molar-refractivity contribution in [3.63, 3.8) is 0 Å². The molecular weight excluding hydrogens is 332 g/mol. The van der Waals surface area contributed by atoms with Crippen molar-refractivity contribution in [3.8, 4) is 11.5 Å². The van der Waals surface area contributed by atoms with Gasteiger partial charge in [-0.3, -0.25) is 0 Å². The summed E-state index contributed by atoms with van der Waals surface area (Å²) in [5, 5.41) is 19.3. The normalized spacial score (nSPS) is 13.9. The van der Waals surface area contributed by atoms with Gasteiger partial charge in [0.05, 0.1) is 0 Å². The predicted molar refractivity (Wildman–Crippen MR) is 119 cm³/mol. The van der Waals surface area contributed by atoms with E-state index in [1.807, 2.05) is 67.5 Å². The molecule has 2 heteroatoms. The molecule has 2 nitrogen and oxygen atoms in total. The average molecular weight is 373 g/mol. The van der Waals surface area contributed by atoms with Crippen LogP contribution in [0.5, 0.6) is 11.5 Å². The molecule has 0 aromatic heterocycles. The zero-order valence-electron chi connectivity index (χ0n) is 18.7. The molecule has 0 bridgehead atoms. The molecule has 0 radical (unpaired) electrons. The third kappa shape index (κ3) is 5.06. The van der Waals surface area contributed by atoms with Crippen LogP contribution in [-0.2, 0) is 18.3 Å². The fourth-order valence-corrected chi connectivity index (χ4v) is 4.01. The predicted octanol–water partition coefficient (Wildman–Crippen LogP) is 7.38. The van der Waals surface area contributed by atoms with Gasteiger partial charge in [0.25, 0.3) is 0 Å². The topological polar surface area (TPSA) is 40.5 Å². The lowest BCUT2D eigenvalue weighted by Gasteiger charge is -2.26. The Labute approximate surface area is 167 Å². The Kier molecular flexibility index (Phi) is 11.5. The van der Waals surface area contributed by atoms with Gasteiger partial charge in [-0.2, -0.15) is 0 Å². The van der Waals surface area contributed by atoms with E-state index >= 15 is 0 Å². The third-order valence-electron chi connectivity index (χ3n) is 4.85. The summed E-state index contributed by atoms with van der Waals surface area (Å²) in [5.41, 5.74) is 5.41. The van der Waals surface area contributed by atoms with Crippen molar-refractivity contribution in [2.24, 2.45) is 0 Å². The Balaban J connectivity index is 0.000000757. The number of aromatic hydroxyl groups is 2. The maximum absolute atomic E-state index is 9.63. The third-order valence-corrected chi connectivity index (χ3v) is 4.85. The van der Waals surface area contributed by atoms with Crippen LogP contribution < -0.4 is 0 Å². The molecule has 0 saturated heterocycles. The molecule has 0 unspecified atom stereocenters. The smallest absolute Gasteiger partial charge is 0.115 e. The van der Waals surface area contributed by atoms with Crippen LogP contribution in [0.1, 0.15) is 90.5 Å². The van der Waals surface area contributed by atoms with Gasteiger partial charge in [-0.05, 0) is 72.2 Å². The fraction of sp³-hybridized carbons (Fsp3) is 0.520. The Morgan fingerprint density at radius 2 is 0.926 bits per heavy atom. The van der Waals surface area contributed by atoms with Crippen molar-refractivity contribution >= 4 is 0 Å². The highest BCUT2D eigenvalue weighted by atomic mass is 16.3. The summed E-state index contributed by atoms with van der Waals surface area (Å²) in [4.78, 5) is 0. The van der Waals surface area contributed by atoms with Gasteiger partial charge < -0.3 is 10.2 Å². The van der Waals surface area contributed by atoms with Gasteiger partial charge in [0.1, 0.15) is 11.5 Å². The average Bonchev–Trinajstić information content (AvgIpc) is 3.29. The summed E-state index contributed by atoms with van der Waals surface area (Å²) < 4.78 is 0. The lowest BCUT2D eigenvalue weighted by atomic mass is 9.77. The number of phenolic OH excluding ortho intramolecular Hbond substituents is 2. The highest BCUT2D eigenvalue weighted by Crippen LogP contribution is 2.53. The largest absolute Gasteiger partial charge is 0.508 e. The molecule has 2 aromatic rings. The molecule has 0 fully saturated rings. The van der Waals surface area contributed by atoms with Crippen LogP contribution in [0.25, 0.3) is 0 Å². The summed E-state index contributed by atoms with van der Waals surface area (Å²) in [7, 11) is 0. The second-order valence-corrected chi connectivity index (χ2v) is 5.77. The van der Waals surface area contributed by atoms with Crippen molar-refractivity contribution in [1.82, 2.24) is 0 Å². The number of rotatable bonds is 0. The lowest BCUT2D eigenvalue weighted by molar-refractivity contribution is 0.474. The van der Waals surface area contributed by atoms with Crippen LogP contribution in [0.2, 0.25) is 0 Å². The van der Waals surface area contributed by atoms with Crippen LogP contribution >= 0.6 is 0 Å². The highest BCUT2D eigenvalue weighted by molar-refractivity contribution is 5.56. The molecule has 2 aliphatic carbocycles. The molecule has 2 aliphatic rings. The van der Waals surface area contributed by atoms with E-state index in [2.05, 4.69) is 12.1 Å². The molecule has 2 N–H and O–H groups in total. The van der Waals surface area contributed by atoms with E-state index in [4.69, 9.17) is 0 Å². The van der Waals surface area contributed by atoms with Crippen molar-refractivity contribution in [1.29, 1.82) is 0 Å². The standard InChI is InChI=1S/C17H16O2.4C2H6/c18-13-1-3-15-11(9-13)5-7-17(15)8-6-12-10-14(19)2-4-16(12)17;4*1-2/h1-4,9-10,18-19H,5-8H2;4*1-2H3. The minimum absolute atomic E-state index is 0.117. The van der Waals surface area contributed by atoms with E-state index in [-0.39, 0.29) is 5.41 Å². The molecule has 2 aromatic carbocycles. The quantitative estimate of drug-likeness (QED) is 0.506. The molecule has 0 amide bonds. The van der Waals surface area contributed by atoms with Crippen molar-refractivity contribution in [2.45, 2.75) is 86.5 Å². The minimum atomic E-state index is 0.117. The first kappa shape index (κ1) is 25.0. The van der Waals surface area contributed by atoms with E-state index in [1.54, 1.807) is 12.1 Å². The number of hydrogen-bond donors (Lipinski definition) is 2. The van der Waals surface area contributed by atoms with Crippen molar-refractivity contribution in [2.75, 3.05) is 0 Å². The van der Waals surface area contributed by atoms with Gasteiger partial charge >= 0.3 is 0 Å². The van der Waals surface area contributed by atoms with Crippen molar-refractivity contribution < 1.29 is 10.2 Å². The van der Waals surface area contributed by atoms with Gasteiger partial charge in [0, 0.05) is 5.41 Å². The maximum atomic E-state index is 9.63. The summed E-state index contributed by atoms with van der Waals surface area (Å²) >= 11 is 0. The summed E-state index contributed by atoms with van der Waals surface area (Å²) in [6.45, 7) is 16.0. The molecule has 0 atom stereocenters. The summed E-state index contributed by atoms with van der Waals surface area (Å²) in [5.74, 6) is 0.722. The zero-order chi connectivity index (χ0) is 21.0. The Bertz CT molecular complexity index is 615. The molecule has 152 valence electrons. The Morgan fingerprint density at radius 3 is 1.26 bits per heavy atom. The zero-order valence-corrected chi connectivity index (χ0v) is 18.7. The minimum Gasteiger partial charge on any atom is -0.508 e. The monoisotopic (exact) mass is 372 g/mol. The molecule has 1 spiro atoms. The van der Waals surface area contributed by atoms with E-state index in [1.165, 1.54) is 22.3 Å². The van der Waals surface area contributed by atoms with Crippen molar-refractivity contribution in [3.05, 3.63) is 58.7 Å². The number of phenols is 2. The second-order valence-electron chi connectivity index (χ2n) is 5.77. The van der Waals surface area contributed by atoms with Crippen LogP contribution in [0.3, 0.4) is 0 Å². The lowest BCUT2D eigenvalue weighted by Crippen LogP contribution is -2.20. The van der Waals surface area contributed by atoms with Gasteiger partial charge in [0.2, 0.25) is 0 Å². The maximum Gasteiger partial charge on any atom is 0.115 e. The van der Waals surface area contributed by atoms with E-state index in [0.29, 0.717) is 11.5 Å². The van der Waals surface area contributed by atoms with E-state index in [0.717, 1.165) is 25.7 Å². The van der Waals surface area contributed by atoms with Crippen LogP contribution in [-0.4, -0.2) is 10.2 Å². The summed E-state index contributed by atoms with van der Waals surface area (Å²) in [6, 6.07) is 11.6. The van der Waals surface area contributed by atoms with Crippen LogP contribution in [0, 0.1) is 0 Å². The van der Waals surface area contributed by atoms with Gasteiger partial charge in [0.15, 0.2) is 0 Å². The highest BCUT2D eigenvalue weighted by Gasteiger charge is 2.44. The van der Waals surface area contributed by atoms with Gasteiger partial charge in [-0.25, -0.2) is 0 Å². The Hall–Kier alpha value is -1.96. The molecule has 0 saturated carbocycles. The number of aryl methyl sites for hydroxylation is 2. The summed E-state index contributed by atoms with van der Waals surface area (Å²) in [6.07, 6.45) is 4.29. The number of hydrogen-bond acceptors (Lipinski definition) is 2. The first-order valence-electron chi connectivity index (χ1n) is 10.8. The van der Waals surface area contributed by atoms with E-state index < -0.39 is 0 Å². The number of benzene rings is 2. The number of fused-ring (bicyclic) bond motifs is 4. The van der Waals surface area contributed by atoms with E-state index in [9.17, 15) is 10.2 Å². The Morgan fingerprint density at radius 1 is 0.593 bits per heavy atom. The molecule has 4 rings (SSSR count). The van der Waals surface area contributed by atoms with Crippen LogP contribution in [0.4, 0.5) is 0 Å². The first-order chi connectivity index (χ1) is 13.2. The van der Waals surface area contributed by atoms with Gasteiger partial charge in [-0.15, -0.1) is 0 Å². The SMILES string of the molecule is CC.CC.CC.CC.Oc1ccc2c(c1)CCC21CCc2cc(O)ccc21. The second kappa shape index (κ2) is 12.4. The molecular formula is C25H40O2.